The van der Waals surface area contributed by atoms with Gasteiger partial charge in [0.1, 0.15) is 29.5 Å². The van der Waals surface area contributed by atoms with E-state index in [9.17, 15) is 24.4 Å². The number of piperidine rings is 3. The Morgan fingerprint density at radius 3 is 2.33 bits per heavy atom. The molecule has 13 nitrogen and oxygen atoms in total. The highest BCUT2D eigenvalue weighted by Crippen LogP contribution is 2.55. The average Bonchev–Trinajstić information content (AvgIpc) is 3.25. The second-order valence-electron chi connectivity index (χ2n) is 18.2. The molecule has 1 unspecified atom stereocenters. The number of fused-ring (bicyclic) bond motifs is 1. The number of nitrogens with zero attached hydrogens (tertiary/aromatic N) is 6. The third-order valence-corrected chi connectivity index (χ3v) is 13.6. The Balaban J connectivity index is 0.786. The lowest BCUT2D eigenvalue weighted by Gasteiger charge is -2.63. The highest BCUT2D eigenvalue weighted by molar-refractivity contribution is 6.31. The molecule has 0 radical (unpaired) electrons. The maximum absolute atomic E-state index is 13.4. The fourth-order valence-electron chi connectivity index (χ4n) is 10.1. The van der Waals surface area contributed by atoms with Gasteiger partial charge < -0.3 is 19.9 Å². The van der Waals surface area contributed by atoms with E-state index in [1.165, 1.54) is 0 Å². The van der Waals surface area contributed by atoms with Gasteiger partial charge in [0.15, 0.2) is 0 Å². The van der Waals surface area contributed by atoms with Crippen LogP contribution in [0.25, 0.3) is 10.9 Å². The summed E-state index contributed by atoms with van der Waals surface area (Å²) >= 11 is 6.25. The second-order valence-corrected chi connectivity index (χ2v) is 18.6. The molecule has 1 aliphatic carbocycles. The van der Waals surface area contributed by atoms with Gasteiger partial charge in [-0.25, -0.2) is 0 Å². The van der Waals surface area contributed by atoms with Gasteiger partial charge in [0.2, 0.25) is 5.91 Å². The van der Waals surface area contributed by atoms with E-state index in [0.29, 0.717) is 44.6 Å². The van der Waals surface area contributed by atoms with Crippen LogP contribution < -0.4 is 25.8 Å². The molecule has 3 saturated heterocycles. The zero-order valence-electron chi connectivity index (χ0n) is 35.0. The molecule has 316 valence electrons. The van der Waals surface area contributed by atoms with Crippen LogP contribution in [0.4, 0.5) is 5.69 Å². The Morgan fingerprint density at radius 1 is 0.934 bits per heavy atom. The molecule has 1 aromatic heterocycles. The molecular formula is C47H51ClN8O5. The number of anilines is 1. The number of aromatic nitrogens is 3. The van der Waals surface area contributed by atoms with E-state index in [1.54, 1.807) is 18.2 Å². The lowest BCUT2D eigenvalue weighted by Crippen LogP contribution is -2.74. The van der Waals surface area contributed by atoms with Crippen LogP contribution in [0.5, 0.6) is 5.75 Å². The van der Waals surface area contributed by atoms with Crippen LogP contribution in [-0.2, 0) is 9.59 Å². The van der Waals surface area contributed by atoms with Crippen LogP contribution in [0.15, 0.2) is 65.5 Å². The molecule has 2 N–H and O–H groups in total. The molecule has 1 saturated carbocycles. The number of benzene rings is 3. The van der Waals surface area contributed by atoms with Crippen molar-refractivity contribution in [1.29, 1.82) is 5.26 Å². The number of carbonyl (C=O) groups excluding carboxylic acids is 3. The van der Waals surface area contributed by atoms with Gasteiger partial charge in [0.05, 0.1) is 16.0 Å². The van der Waals surface area contributed by atoms with Gasteiger partial charge in [-0.2, -0.15) is 9.94 Å². The van der Waals surface area contributed by atoms with Gasteiger partial charge in [0.25, 0.3) is 17.4 Å². The first-order valence-electron chi connectivity index (χ1n) is 21.2. The van der Waals surface area contributed by atoms with Gasteiger partial charge in [-0.1, -0.05) is 56.4 Å². The summed E-state index contributed by atoms with van der Waals surface area (Å²) in [5.41, 5.74) is 2.23. The number of ether oxygens (including phenoxy) is 1. The van der Waals surface area contributed by atoms with Crippen molar-refractivity contribution in [3.8, 4) is 23.7 Å². The van der Waals surface area contributed by atoms with Crippen molar-refractivity contribution in [3.05, 3.63) is 92.7 Å². The number of imide groups is 1. The second kappa shape index (κ2) is 16.9. The minimum Gasteiger partial charge on any atom is -0.489 e. The van der Waals surface area contributed by atoms with Gasteiger partial charge in [-0.05, 0) is 106 Å². The zero-order valence-corrected chi connectivity index (χ0v) is 35.8. The molecule has 14 heteroatoms. The number of nitrogens with one attached hydrogen (secondary N) is 2. The third-order valence-electron chi connectivity index (χ3n) is 13.3. The largest absolute Gasteiger partial charge is 0.489 e. The summed E-state index contributed by atoms with van der Waals surface area (Å²) in [5, 5.41) is 23.7. The van der Waals surface area contributed by atoms with Gasteiger partial charge in [-0.15, -0.1) is 5.10 Å². The zero-order chi connectivity index (χ0) is 43.1. The Labute approximate surface area is 360 Å². The molecule has 3 aliphatic heterocycles. The highest BCUT2D eigenvalue weighted by Gasteiger charge is 2.64. The molecule has 0 spiro atoms. The van der Waals surface area contributed by atoms with Crippen molar-refractivity contribution >= 4 is 45.9 Å². The van der Waals surface area contributed by atoms with Crippen molar-refractivity contribution < 1.29 is 19.1 Å². The van der Waals surface area contributed by atoms with E-state index in [2.05, 4.69) is 76.4 Å². The van der Waals surface area contributed by atoms with Crippen LogP contribution in [0, 0.1) is 45.8 Å². The Kier molecular flexibility index (Phi) is 11.7. The number of nitriles is 1. The first-order valence-corrected chi connectivity index (χ1v) is 21.6. The number of likely N-dealkylation sites (tertiary alicyclic amines) is 1. The lowest BCUT2D eigenvalue weighted by atomic mass is 9.49. The maximum atomic E-state index is 13.4. The SMILES string of the molecule is CC1(C)[C@H](NC(=O)c2ccc(C#CC3CCN(CC4CCN(c5ccc6nnn(C7CCC(=O)NC7=O)c(=O)c6c5)CC4)CC3)cc2)C(C)(C)[C@H]1Oc1ccc(C#N)c(Cl)c1. The first-order chi connectivity index (χ1) is 29.2. The van der Waals surface area contributed by atoms with Crippen molar-refractivity contribution in [2.75, 3.05) is 37.6 Å². The monoisotopic (exact) mass is 842 g/mol. The minimum absolute atomic E-state index is 0.130. The standard InChI is InChI=1S/C47H51ClN8O5/c1-46(2)44(47(3,4)45(46)61-35-13-11-33(27-49)37(48)26-35)51-41(58)32-9-7-29(8-10-32)5-6-30-17-21-54(22-18-30)28-31-19-23-55(24-20-31)34-12-14-38-36(25-34)43(60)56(53-52-38)39-15-16-40(57)50-42(39)59/h7-14,25-26,30-31,39,44-45H,15-24,28H2,1-4H3,(H,51,58)(H,50,57,59)/t39?,44-,45-. The van der Waals surface area contributed by atoms with Crippen LogP contribution in [0.2, 0.25) is 5.02 Å². The van der Waals surface area contributed by atoms with E-state index in [0.717, 1.165) is 74.3 Å². The fourth-order valence-corrected chi connectivity index (χ4v) is 10.3. The minimum atomic E-state index is -0.848. The molecule has 8 rings (SSSR count). The van der Waals surface area contributed by atoms with Crippen molar-refractivity contribution in [2.24, 2.45) is 22.7 Å². The quantitative estimate of drug-likeness (QED) is 0.162. The summed E-state index contributed by atoms with van der Waals surface area (Å²) in [6.07, 6.45) is 4.36. The van der Waals surface area contributed by atoms with Crippen LogP contribution in [0.3, 0.4) is 0 Å². The Hall–Kier alpha value is -5.76. The molecule has 61 heavy (non-hydrogen) atoms. The number of hydrogen-bond acceptors (Lipinski definition) is 10. The number of rotatable bonds is 8. The molecule has 4 heterocycles. The van der Waals surface area contributed by atoms with E-state index in [-0.39, 0.29) is 53.2 Å². The maximum Gasteiger partial charge on any atom is 0.278 e. The van der Waals surface area contributed by atoms with Crippen LogP contribution in [0.1, 0.15) is 93.7 Å². The summed E-state index contributed by atoms with van der Waals surface area (Å²) in [7, 11) is 0. The summed E-state index contributed by atoms with van der Waals surface area (Å²) in [4.78, 5) is 55.8. The molecule has 3 aromatic carbocycles. The van der Waals surface area contributed by atoms with Gasteiger partial charge in [0, 0.05) is 71.7 Å². The van der Waals surface area contributed by atoms with Crippen molar-refractivity contribution in [2.45, 2.75) is 84.4 Å². The molecule has 3 amide bonds. The smallest absolute Gasteiger partial charge is 0.278 e. The Morgan fingerprint density at radius 2 is 1.66 bits per heavy atom. The molecular weight excluding hydrogens is 792 g/mol. The van der Waals surface area contributed by atoms with Gasteiger partial charge >= 0.3 is 0 Å². The van der Waals surface area contributed by atoms with Crippen molar-refractivity contribution in [1.82, 2.24) is 30.5 Å². The summed E-state index contributed by atoms with van der Waals surface area (Å²) < 4.78 is 7.48. The number of carbonyl (C=O) groups is 3. The lowest BCUT2D eigenvalue weighted by molar-refractivity contribution is -0.164. The molecule has 4 aliphatic rings. The molecule has 4 aromatic rings. The molecule has 4 fully saturated rings. The van der Waals surface area contributed by atoms with E-state index >= 15 is 0 Å². The number of hydrogen-bond donors (Lipinski definition) is 2. The predicted molar refractivity (Wildman–Crippen MR) is 232 cm³/mol. The Bertz CT molecular complexity index is 2500. The predicted octanol–water partition coefficient (Wildman–Crippen LogP) is 5.89. The molecule has 0 bridgehead atoms. The van der Waals surface area contributed by atoms with Crippen molar-refractivity contribution in [3.63, 3.8) is 0 Å². The first kappa shape index (κ1) is 42.0. The highest BCUT2D eigenvalue weighted by atomic mass is 35.5. The average molecular weight is 843 g/mol. The van der Waals surface area contributed by atoms with E-state index in [1.807, 2.05) is 42.5 Å². The third kappa shape index (κ3) is 8.59. The molecule has 1 atom stereocenters. The fraction of sp³-hybridized carbons (Fsp3) is 0.468. The number of amides is 3. The van der Waals surface area contributed by atoms with E-state index in [4.69, 9.17) is 16.3 Å². The summed E-state index contributed by atoms with van der Waals surface area (Å²) in [6, 6.07) is 19.3. The van der Waals surface area contributed by atoms with Gasteiger partial charge in [-0.3, -0.25) is 24.5 Å². The topological polar surface area (TPSA) is 163 Å². The summed E-state index contributed by atoms with van der Waals surface area (Å²) in [6.45, 7) is 13.2. The number of halogens is 1. The van der Waals surface area contributed by atoms with Crippen LogP contribution in [-0.4, -0.2) is 82.5 Å². The van der Waals surface area contributed by atoms with Crippen LogP contribution >= 0.6 is 11.6 Å². The summed E-state index contributed by atoms with van der Waals surface area (Å²) in [5.74, 6) is 7.37. The normalized spacial score (nSPS) is 23.0. The van der Waals surface area contributed by atoms with E-state index < -0.39 is 11.9 Å².